The second kappa shape index (κ2) is 3.97. The number of benzene rings is 1. The molecule has 2 aromatic rings. The van der Waals surface area contributed by atoms with E-state index in [1.165, 1.54) is 0 Å². The molecule has 15 heavy (non-hydrogen) atoms. The molecular formula is C12H10N2O. The molecule has 0 saturated carbocycles. The standard InChI is InChI=1S/C12H10N2O/c1-9-2-3-10-8-11(15-7-6-13)4-5-12(10)14-9/h2-5,8H,7H2,1H3. The minimum Gasteiger partial charge on any atom is -0.479 e. The Labute approximate surface area is 87.9 Å². The van der Waals surface area contributed by atoms with E-state index in [2.05, 4.69) is 4.98 Å². The second-order valence-electron chi connectivity index (χ2n) is 3.25. The first kappa shape index (κ1) is 9.47. The Balaban J connectivity index is 2.40. The van der Waals surface area contributed by atoms with Crippen LogP contribution in [0.25, 0.3) is 10.9 Å². The predicted octanol–water partition coefficient (Wildman–Crippen LogP) is 2.45. The van der Waals surface area contributed by atoms with Gasteiger partial charge in [0.25, 0.3) is 0 Å². The van der Waals surface area contributed by atoms with Crippen LogP contribution in [0, 0.1) is 18.3 Å². The SMILES string of the molecule is Cc1ccc2cc(OCC#N)ccc2n1. The molecule has 0 spiro atoms. The Bertz CT molecular complexity index is 529. The summed E-state index contributed by atoms with van der Waals surface area (Å²) < 4.78 is 5.20. The number of nitrogens with zero attached hydrogens (tertiary/aromatic N) is 2. The van der Waals surface area contributed by atoms with Gasteiger partial charge in [0.1, 0.15) is 11.8 Å². The van der Waals surface area contributed by atoms with Gasteiger partial charge in [0.2, 0.25) is 0 Å². The molecule has 0 unspecified atom stereocenters. The fourth-order valence-corrected chi connectivity index (χ4v) is 1.41. The van der Waals surface area contributed by atoms with Crippen LogP contribution in [0.3, 0.4) is 0 Å². The lowest BCUT2D eigenvalue weighted by Gasteiger charge is -2.03. The van der Waals surface area contributed by atoms with Gasteiger partial charge in [-0.1, -0.05) is 6.07 Å². The summed E-state index contributed by atoms with van der Waals surface area (Å²) in [4.78, 5) is 4.38. The molecule has 0 bridgehead atoms. The number of hydrogen-bond donors (Lipinski definition) is 0. The summed E-state index contributed by atoms with van der Waals surface area (Å²) in [7, 11) is 0. The van der Waals surface area contributed by atoms with E-state index in [4.69, 9.17) is 10.00 Å². The molecule has 1 aromatic carbocycles. The summed E-state index contributed by atoms with van der Waals surface area (Å²) in [6.45, 7) is 2.03. The van der Waals surface area contributed by atoms with Gasteiger partial charge in [-0.05, 0) is 31.2 Å². The lowest BCUT2D eigenvalue weighted by molar-refractivity contribution is 0.368. The fourth-order valence-electron chi connectivity index (χ4n) is 1.41. The lowest BCUT2D eigenvalue weighted by Crippen LogP contribution is -1.93. The van der Waals surface area contributed by atoms with Gasteiger partial charge < -0.3 is 4.74 Å². The molecular weight excluding hydrogens is 188 g/mol. The average molecular weight is 198 g/mol. The van der Waals surface area contributed by atoms with Crippen LogP contribution in [0.1, 0.15) is 5.69 Å². The molecule has 0 saturated heterocycles. The van der Waals surface area contributed by atoms with Crippen molar-refractivity contribution in [2.24, 2.45) is 0 Å². The average Bonchev–Trinajstić information content (AvgIpc) is 2.26. The molecule has 0 aliphatic heterocycles. The van der Waals surface area contributed by atoms with Gasteiger partial charge in [0, 0.05) is 11.1 Å². The van der Waals surface area contributed by atoms with Crippen molar-refractivity contribution in [2.45, 2.75) is 6.92 Å². The van der Waals surface area contributed by atoms with Crippen LogP contribution in [-0.2, 0) is 0 Å². The van der Waals surface area contributed by atoms with Gasteiger partial charge in [0.05, 0.1) is 5.52 Å². The molecule has 1 aromatic heterocycles. The van der Waals surface area contributed by atoms with E-state index < -0.39 is 0 Å². The molecule has 0 atom stereocenters. The van der Waals surface area contributed by atoms with Crippen molar-refractivity contribution in [3.8, 4) is 11.8 Å². The van der Waals surface area contributed by atoms with Gasteiger partial charge in [0.15, 0.2) is 6.61 Å². The number of nitriles is 1. The summed E-state index contributed by atoms with van der Waals surface area (Å²) >= 11 is 0. The van der Waals surface area contributed by atoms with Crippen LogP contribution in [0.15, 0.2) is 30.3 Å². The van der Waals surface area contributed by atoms with Gasteiger partial charge in [-0.25, -0.2) is 0 Å². The Morgan fingerprint density at radius 1 is 1.33 bits per heavy atom. The molecule has 3 nitrogen and oxygen atoms in total. The van der Waals surface area contributed by atoms with E-state index in [1.54, 1.807) is 0 Å². The minimum absolute atomic E-state index is 0.0742. The normalized spacial score (nSPS) is 9.87. The fraction of sp³-hybridized carbons (Fsp3) is 0.167. The van der Waals surface area contributed by atoms with E-state index in [-0.39, 0.29) is 6.61 Å². The largest absolute Gasteiger partial charge is 0.479 e. The summed E-state index contributed by atoms with van der Waals surface area (Å²) in [6, 6.07) is 11.5. The van der Waals surface area contributed by atoms with Crippen molar-refractivity contribution in [1.82, 2.24) is 4.98 Å². The number of hydrogen-bond acceptors (Lipinski definition) is 3. The first-order valence-corrected chi connectivity index (χ1v) is 4.67. The van der Waals surface area contributed by atoms with Crippen LogP contribution in [0.4, 0.5) is 0 Å². The quantitative estimate of drug-likeness (QED) is 0.744. The van der Waals surface area contributed by atoms with Crippen LogP contribution in [0.5, 0.6) is 5.75 Å². The molecule has 74 valence electrons. The van der Waals surface area contributed by atoms with Gasteiger partial charge in [-0.3, -0.25) is 4.98 Å². The Kier molecular flexibility index (Phi) is 2.51. The highest BCUT2D eigenvalue weighted by molar-refractivity contribution is 5.80. The predicted molar refractivity (Wildman–Crippen MR) is 57.6 cm³/mol. The summed E-state index contributed by atoms with van der Waals surface area (Å²) in [5.41, 5.74) is 1.94. The zero-order chi connectivity index (χ0) is 10.7. The molecule has 1 heterocycles. The number of rotatable bonds is 2. The minimum atomic E-state index is 0.0742. The van der Waals surface area contributed by atoms with Crippen molar-refractivity contribution >= 4 is 10.9 Å². The topological polar surface area (TPSA) is 45.9 Å². The van der Waals surface area contributed by atoms with Crippen LogP contribution < -0.4 is 4.74 Å². The second-order valence-corrected chi connectivity index (χ2v) is 3.25. The maximum Gasteiger partial charge on any atom is 0.174 e. The van der Waals surface area contributed by atoms with E-state index in [9.17, 15) is 0 Å². The van der Waals surface area contributed by atoms with E-state index in [0.717, 1.165) is 16.6 Å². The first-order chi connectivity index (χ1) is 7.29. The van der Waals surface area contributed by atoms with Crippen LogP contribution >= 0.6 is 0 Å². The third kappa shape index (κ3) is 2.05. The molecule has 0 radical (unpaired) electrons. The zero-order valence-electron chi connectivity index (χ0n) is 8.40. The van der Waals surface area contributed by atoms with Crippen molar-refractivity contribution in [2.75, 3.05) is 6.61 Å². The van der Waals surface area contributed by atoms with E-state index in [0.29, 0.717) is 5.75 Å². The molecule has 0 fully saturated rings. The smallest absolute Gasteiger partial charge is 0.174 e. The molecule has 0 aliphatic rings. The maximum atomic E-state index is 8.39. The summed E-state index contributed by atoms with van der Waals surface area (Å²) in [6.07, 6.45) is 0. The van der Waals surface area contributed by atoms with Crippen LogP contribution in [-0.4, -0.2) is 11.6 Å². The van der Waals surface area contributed by atoms with Gasteiger partial charge in [-0.15, -0.1) is 0 Å². The summed E-state index contributed by atoms with van der Waals surface area (Å²) in [5, 5.41) is 9.41. The number of ether oxygens (including phenoxy) is 1. The van der Waals surface area contributed by atoms with Crippen molar-refractivity contribution in [3.05, 3.63) is 36.0 Å². The molecule has 0 amide bonds. The first-order valence-electron chi connectivity index (χ1n) is 4.67. The highest BCUT2D eigenvalue weighted by atomic mass is 16.5. The zero-order valence-corrected chi connectivity index (χ0v) is 8.40. The lowest BCUT2D eigenvalue weighted by atomic mass is 10.2. The molecule has 0 N–H and O–H groups in total. The molecule has 2 rings (SSSR count). The van der Waals surface area contributed by atoms with Gasteiger partial charge in [-0.2, -0.15) is 5.26 Å². The number of aromatic nitrogens is 1. The van der Waals surface area contributed by atoms with Gasteiger partial charge >= 0.3 is 0 Å². The van der Waals surface area contributed by atoms with E-state index in [1.807, 2.05) is 43.3 Å². The van der Waals surface area contributed by atoms with Crippen molar-refractivity contribution in [3.63, 3.8) is 0 Å². The van der Waals surface area contributed by atoms with Crippen LogP contribution in [0.2, 0.25) is 0 Å². The Morgan fingerprint density at radius 3 is 3.00 bits per heavy atom. The molecule has 0 aliphatic carbocycles. The number of aryl methyl sites for hydroxylation is 1. The highest BCUT2D eigenvalue weighted by Gasteiger charge is 1.98. The third-order valence-corrected chi connectivity index (χ3v) is 2.10. The van der Waals surface area contributed by atoms with E-state index >= 15 is 0 Å². The maximum absolute atomic E-state index is 8.39. The Hall–Kier alpha value is -2.08. The number of fused-ring (bicyclic) bond motifs is 1. The number of pyridine rings is 1. The molecule has 3 heteroatoms. The monoisotopic (exact) mass is 198 g/mol. The summed E-state index contributed by atoms with van der Waals surface area (Å²) in [5.74, 6) is 0.703. The third-order valence-electron chi connectivity index (χ3n) is 2.10. The Morgan fingerprint density at radius 2 is 2.20 bits per heavy atom. The van der Waals surface area contributed by atoms with Crippen molar-refractivity contribution < 1.29 is 4.74 Å². The highest BCUT2D eigenvalue weighted by Crippen LogP contribution is 2.19. The van der Waals surface area contributed by atoms with Crippen molar-refractivity contribution in [1.29, 1.82) is 5.26 Å².